The van der Waals surface area contributed by atoms with Crippen LogP contribution < -0.4 is 15.4 Å². The van der Waals surface area contributed by atoms with Gasteiger partial charge < -0.3 is 20.3 Å². The van der Waals surface area contributed by atoms with Crippen molar-refractivity contribution in [1.29, 1.82) is 0 Å². The van der Waals surface area contributed by atoms with Gasteiger partial charge in [0.25, 0.3) is 0 Å². The average Bonchev–Trinajstić information content (AvgIpc) is 3.61. The fourth-order valence-electron chi connectivity index (χ4n) is 5.12. The zero-order chi connectivity index (χ0) is 31.0. The van der Waals surface area contributed by atoms with Gasteiger partial charge in [-0.3, -0.25) is 14.3 Å². The lowest BCUT2D eigenvalue weighted by molar-refractivity contribution is 0.262. The van der Waals surface area contributed by atoms with E-state index in [-0.39, 0.29) is 17.0 Å². The summed E-state index contributed by atoms with van der Waals surface area (Å²) in [5.41, 5.74) is 5.92. The minimum atomic E-state index is -0.635. The lowest BCUT2D eigenvalue weighted by Crippen LogP contribution is -2.26. The Morgan fingerprint density at radius 3 is 2.48 bits per heavy atom. The van der Waals surface area contributed by atoms with E-state index in [1.54, 1.807) is 35.3 Å². The molecule has 6 rings (SSSR count). The smallest absolute Gasteiger partial charge is 0.323 e. The number of hydrogen-bond donors (Lipinski definition) is 2. The number of amides is 2. The maximum absolute atomic E-state index is 15.1. The van der Waals surface area contributed by atoms with Crippen molar-refractivity contribution in [2.45, 2.75) is 39.3 Å². The molecule has 2 aromatic carbocycles. The van der Waals surface area contributed by atoms with E-state index in [2.05, 4.69) is 44.8 Å². The molecular formula is C33H35FN8O2. The molecule has 1 aliphatic rings. The van der Waals surface area contributed by atoms with Crippen molar-refractivity contribution in [2.24, 2.45) is 7.05 Å². The molecule has 0 atom stereocenters. The van der Waals surface area contributed by atoms with Gasteiger partial charge in [0.1, 0.15) is 23.0 Å². The van der Waals surface area contributed by atoms with Crippen molar-refractivity contribution in [3.05, 3.63) is 90.3 Å². The first-order valence-electron chi connectivity index (χ1n) is 14.4. The van der Waals surface area contributed by atoms with Gasteiger partial charge in [0, 0.05) is 62.0 Å². The van der Waals surface area contributed by atoms with Gasteiger partial charge in [0.15, 0.2) is 0 Å². The highest BCUT2D eigenvalue weighted by Crippen LogP contribution is 2.33. The molecule has 0 unspecified atom stereocenters. The van der Waals surface area contributed by atoms with E-state index in [4.69, 9.17) is 9.84 Å². The Labute approximate surface area is 255 Å². The largest absolute Gasteiger partial charge is 0.457 e. The zero-order valence-corrected chi connectivity index (χ0v) is 25.4. The minimum absolute atomic E-state index is 0.0169. The third kappa shape index (κ3) is 6.32. The predicted molar refractivity (Wildman–Crippen MR) is 168 cm³/mol. The average molecular weight is 595 g/mol. The molecule has 0 saturated carbocycles. The Morgan fingerprint density at radius 1 is 0.932 bits per heavy atom. The van der Waals surface area contributed by atoms with Crippen LogP contribution in [0.15, 0.2) is 73.3 Å². The molecule has 0 spiro atoms. The fraction of sp³-hybridized carbons (Fsp3) is 0.273. The number of nitrogens with zero attached hydrogens (tertiary/aromatic N) is 6. The first-order chi connectivity index (χ1) is 21.0. The lowest BCUT2D eigenvalue weighted by Gasteiger charge is -2.25. The summed E-state index contributed by atoms with van der Waals surface area (Å²) < 4.78 is 24.5. The highest BCUT2D eigenvalue weighted by molar-refractivity contribution is 6.02. The number of hydrogen-bond acceptors (Lipinski definition) is 6. The number of urea groups is 1. The van der Waals surface area contributed by atoms with E-state index in [9.17, 15) is 4.79 Å². The van der Waals surface area contributed by atoms with Gasteiger partial charge in [-0.2, -0.15) is 10.2 Å². The Morgan fingerprint density at radius 2 is 1.73 bits per heavy atom. The molecule has 0 saturated heterocycles. The molecule has 2 amide bonds. The first kappa shape index (κ1) is 29.1. The Balaban J connectivity index is 1.18. The Bertz CT molecular complexity index is 1840. The highest BCUT2D eigenvalue weighted by Gasteiger charge is 2.22. The van der Waals surface area contributed by atoms with Crippen LogP contribution >= 0.6 is 0 Å². The van der Waals surface area contributed by atoms with Gasteiger partial charge >= 0.3 is 6.03 Å². The highest BCUT2D eigenvalue weighted by atomic mass is 19.1. The van der Waals surface area contributed by atoms with Gasteiger partial charge in [0.2, 0.25) is 0 Å². The van der Waals surface area contributed by atoms with E-state index in [1.807, 2.05) is 51.0 Å². The number of anilines is 2. The van der Waals surface area contributed by atoms with E-state index in [0.717, 1.165) is 30.6 Å². The fourth-order valence-corrected chi connectivity index (χ4v) is 5.12. The molecule has 0 aliphatic carbocycles. The predicted octanol–water partition coefficient (Wildman–Crippen LogP) is 6.66. The van der Waals surface area contributed by atoms with Crippen molar-refractivity contribution in [3.8, 4) is 34.0 Å². The summed E-state index contributed by atoms with van der Waals surface area (Å²) in [4.78, 5) is 19.8. The van der Waals surface area contributed by atoms with Crippen LogP contribution in [0.4, 0.5) is 20.6 Å². The number of aromatic nitrogens is 5. The van der Waals surface area contributed by atoms with E-state index >= 15 is 4.39 Å². The van der Waals surface area contributed by atoms with Crippen molar-refractivity contribution < 1.29 is 13.9 Å². The molecule has 10 nitrogen and oxygen atoms in total. The summed E-state index contributed by atoms with van der Waals surface area (Å²) in [5.74, 6) is 0.142. The third-order valence-electron chi connectivity index (χ3n) is 7.49. The molecule has 0 fully saturated rings. The number of pyridine rings is 1. The van der Waals surface area contributed by atoms with Gasteiger partial charge in [-0.15, -0.1) is 0 Å². The quantitative estimate of drug-likeness (QED) is 0.228. The summed E-state index contributed by atoms with van der Waals surface area (Å²) in [6.07, 6.45) is 7.94. The number of nitrogens with one attached hydrogen (secondary N) is 2. The molecule has 1 aliphatic heterocycles. The number of carbonyl (C=O) groups excluding carboxylic acids is 1. The van der Waals surface area contributed by atoms with E-state index < -0.39 is 11.8 Å². The second kappa shape index (κ2) is 11.6. The first-order valence-corrected chi connectivity index (χ1v) is 14.4. The number of likely N-dealkylation sites (N-methyl/N-ethyl adjacent to an activating group) is 1. The second-order valence-electron chi connectivity index (χ2n) is 12.1. The summed E-state index contributed by atoms with van der Waals surface area (Å²) in [6, 6.07) is 13.5. The number of rotatable bonds is 6. The van der Waals surface area contributed by atoms with Gasteiger partial charge in [-0.1, -0.05) is 12.1 Å². The second-order valence-corrected chi connectivity index (χ2v) is 12.1. The molecule has 4 heterocycles. The van der Waals surface area contributed by atoms with Crippen LogP contribution in [0.25, 0.3) is 22.5 Å². The maximum atomic E-state index is 15.1. The number of benzene rings is 2. The number of carbonyl (C=O) groups is 1. The standard InChI is InChI=1S/C33H35FN8O2/c1-33(2,3)42-20-30(31(39-42)22-6-7-23-18-40(4)13-11-21(23)14-22)38-32(43)37-28-9-8-25(15-27(28)34)44-26-10-12-35-29(16-26)24-17-36-41(5)19-24/h6-10,12,14-17,19-20H,11,13,18H2,1-5H3,(H2,37,38,43). The van der Waals surface area contributed by atoms with E-state index in [0.29, 0.717) is 22.8 Å². The normalized spacial score (nSPS) is 13.4. The summed E-state index contributed by atoms with van der Waals surface area (Å²) in [5, 5.41) is 14.5. The molecule has 11 heteroatoms. The molecule has 44 heavy (non-hydrogen) atoms. The molecule has 0 bridgehead atoms. The molecule has 5 aromatic rings. The minimum Gasteiger partial charge on any atom is -0.457 e. The van der Waals surface area contributed by atoms with Crippen molar-refractivity contribution in [1.82, 2.24) is 29.4 Å². The Kier molecular flexibility index (Phi) is 7.64. The van der Waals surface area contributed by atoms with Crippen LogP contribution in [0, 0.1) is 5.82 Å². The van der Waals surface area contributed by atoms with Crippen molar-refractivity contribution in [3.63, 3.8) is 0 Å². The van der Waals surface area contributed by atoms with Crippen LogP contribution in [-0.4, -0.2) is 49.1 Å². The third-order valence-corrected chi connectivity index (χ3v) is 7.49. The SMILES string of the molecule is CN1CCc2cc(-c3nn(C(C)(C)C)cc3NC(=O)Nc3ccc(Oc4ccnc(-c5cnn(C)c5)c4)cc3F)ccc2C1. The van der Waals surface area contributed by atoms with Crippen LogP contribution in [0.2, 0.25) is 0 Å². The summed E-state index contributed by atoms with van der Waals surface area (Å²) in [6.45, 7) is 8.03. The number of ether oxygens (including phenoxy) is 1. The van der Waals surface area contributed by atoms with Crippen molar-refractivity contribution >= 4 is 17.4 Å². The molecule has 2 N–H and O–H groups in total. The monoisotopic (exact) mass is 594 g/mol. The molecule has 3 aromatic heterocycles. The molecule has 226 valence electrons. The zero-order valence-electron chi connectivity index (χ0n) is 25.4. The van der Waals surface area contributed by atoms with Crippen LogP contribution in [0.3, 0.4) is 0 Å². The topological polar surface area (TPSA) is 102 Å². The van der Waals surface area contributed by atoms with Gasteiger partial charge in [-0.25, -0.2) is 9.18 Å². The Hall–Kier alpha value is -5.03. The van der Waals surface area contributed by atoms with Crippen LogP contribution in [-0.2, 0) is 25.6 Å². The number of fused-ring (bicyclic) bond motifs is 1. The van der Waals surface area contributed by atoms with Gasteiger partial charge in [-0.05, 0) is 69.6 Å². The van der Waals surface area contributed by atoms with Crippen molar-refractivity contribution in [2.75, 3.05) is 24.2 Å². The summed E-state index contributed by atoms with van der Waals surface area (Å²) in [7, 11) is 3.95. The van der Waals surface area contributed by atoms with Gasteiger partial charge in [0.05, 0.1) is 28.8 Å². The summed E-state index contributed by atoms with van der Waals surface area (Å²) >= 11 is 0. The molecular weight excluding hydrogens is 559 g/mol. The number of halogens is 1. The lowest BCUT2D eigenvalue weighted by atomic mass is 9.96. The van der Waals surface area contributed by atoms with E-state index in [1.165, 1.54) is 23.3 Å². The van der Waals surface area contributed by atoms with Crippen LogP contribution in [0.1, 0.15) is 31.9 Å². The van der Waals surface area contributed by atoms with Crippen LogP contribution in [0.5, 0.6) is 11.5 Å². The number of aryl methyl sites for hydroxylation is 1. The molecule has 0 radical (unpaired) electrons. The maximum Gasteiger partial charge on any atom is 0.323 e.